The Kier molecular flexibility index (Phi) is 6.16. The van der Waals surface area contributed by atoms with Gasteiger partial charge in [-0.1, -0.05) is 18.2 Å². The molecule has 2 aromatic heterocycles. The molecular formula is C23H19FN4O5. The Bertz CT molecular complexity index is 1390. The van der Waals surface area contributed by atoms with Gasteiger partial charge in [0.2, 0.25) is 5.69 Å². The van der Waals surface area contributed by atoms with Crippen molar-refractivity contribution in [3.05, 3.63) is 111 Å². The van der Waals surface area contributed by atoms with Crippen LogP contribution in [0, 0.1) is 5.82 Å². The number of amides is 1. The average molecular weight is 450 g/mol. The number of aromatic nitrogens is 3. The molecule has 1 N–H and O–H groups in total. The van der Waals surface area contributed by atoms with Crippen molar-refractivity contribution in [2.75, 3.05) is 7.11 Å². The second kappa shape index (κ2) is 9.35. The summed E-state index contributed by atoms with van der Waals surface area (Å²) in [5.41, 5.74) is -1.87. The third kappa shape index (κ3) is 4.59. The summed E-state index contributed by atoms with van der Waals surface area (Å²) in [5, 5.41) is 6.56. The summed E-state index contributed by atoms with van der Waals surface area (Å²) >= 11 is 0. The Morgan fingerprint density at radius 1 is 1.09 bits per heavy atom. The number of carbonyl (C=O) groups excluding carboxylic acids is 1. The smallest absolute Gasteiger partial charge is 0.352 e. The Balaban J connectivity index is 1.80. The summed E-state index contributed by atoms with van der Waals surface area (Å²) in [4.78, 5) is 39.0. The lowest BCUT2D eigenvalue weighted by molar-refractivity contribution is 0.0938. The van der Waals surface area contributed by atoms with Crippen LogP contribution in [0.25, 0.3) is 5.69 Å². The molecule has 1 amide bonds. The second-order valence-corrected chi connectivity index (χ2v) is 6.99. The first-order valence-corrected chi connectivity index (χ1v) is 9.90. The molecular weight excluding hydrogens is 431 g/mol. The van der Waals surface area contributed by atoms with Crippen molar-refractivity contribution in [2.24, 2.45) is 0 Å². The minimum Gasteiger partial charge on any atom is -0.497 e. The summed E-state index contributed by atoms with van der Waals surface area (Å²) in [6.07, 6.45) is 1.45. The molecule has 2 aromatic carbocycles. The van der Waals surface area contributed by atoms with E-state index in [-0.39, 0.29) is 18.7 Å². The monoisotopic (exact) mass is 450 g/mol. The molecule has 0 saturated heterocycles. The summed E-state index contributed by atoms with van der Waals surface area (Å²) in [6, 6.07) is 15.4. The minimum atomic E-state index is -0.940. The zero-order valence-corrected chi connectivity index (χ0v) is 17.5. The number of halogens is 1. The number of benzene rings is 2. The van der Waals surface area contributed by atoms with Crippen molar-refractivity contribution in [1.82, 2.24) is 19.7 Å². The maximum Gasteiger partial charge on any atom is 0.352 e. The van der Waals surface area contributed by atoms with Crippen molar-refractivity contribution < 1.29 is 18.3 Å². The van der Waals surface area contributed by atoms with Gasteiger partial charge in [0.05, 0.1) is 32.1 Å². The molecule has 0 saturated carbocycles. The molecule has 4 aromatic rings. The van der Waals surface area contributed by atoms with E-state index in [4.69, 9.17) is 9.15 Å². The molecule has 4 rings (SSSR count). The number of methoxy groups -OCH3 is 1. The lowest BCUT2D eigenvalue weighted by atomic mass is 10.2. The molecule has 0 aliphatic carbocycles. The summed E-state index contributed by atoms with van der Waals surface area (Å²) in [6.45, 7) is -0.358. The molecule has 33 heavy (non-hydrogen) atoms. The van der Waals surface area contributed by atoms with Crippen LogP contribution in [-0.4, -0.2) is 27.4 Å². The standard InChI is InChI=1S/C23H19FN4O5/c1-32-17-10-8-16(9-11-17)28-23(31)27(14-15-5-2-3-7-19(15)24)22(30)20(26-28)21(29)25-13-18-6-4-12-33-18/h2-12H,13-14H2,1H3,(H,25,29). The molecule has 0 aliphatic rings. The van der Waals surface area contributed by atoms with Crippen molar-refractivity contribution in [3.8, 4) is 11.4 Å². The van der Waals surface area contributed by atoms with Crippen LogP contribution in [0.5, 0.6) is 5.75 Å². The SMILES string of the molecule is COc1ccc(-n2nc(C(=O)NCc3ccco3)c(=O)n(Cc3ccccc3F)c2=O)cc1. The van der Waals surface area contributed by atoms with Gasteiger partial charge in [0.15, 0.2) is 0 Å². The number of nitrogens with one attached hydrogen (secondary N) is 1. The number of furan rings is 1. The van der Waals surface area contributed by atoms with Gasteiger partial charge in [0.1, 0.15) is 17.3 Å². The molecule has 10 heteroatoms. The summed E-state index contributed by atoms with van der Waals surface area (Å²) < 4.78 is 26.2. The molecule has 0 aliphatic heterocycles. The van der Waals surface area contributed by atoms with Crippen molar-refractivity contribution in [2.45, 2.75) is 13.1 Å². The number of hydrogen-bond acceptors (Lipinski definition) is 6. The Morgan fingerprint density at radius 2 is 1.85 bits per heavy atom. The Morgan fingerprint density at radius 3 is 2.52 bits per heavy atom. The van der Waals surface area contributed by atoms with Gasteiger partial charge in [-0.3, -0.25) is 14.2 Å². The highest BCUT2D eigenvalue weighted by Gasteiger charge is 2.21. The van der Waals surface area contributed by atoms with Gasteiger partial charge in [-0.15, -0.1) is 0 Å². The van der Waals surface area contributed by atoms with Crippen LogP contribution in [0.3, 0.4) is 0 Å². The van der Waals surface area contributed by atoms with Gasteiger partial charge in [0, 0.05) is 5.56 Å². The fraction of sp³-hybridized carbons (Fsp3) is 0.130. The van der Waals surface area contributed by atoms with Crippen molar-refractivity contribution in [1.29, 1.82) is 0 Å². The number of rotatable bonds is 7. The fourth-order valence-corrected chi connectivity index (χ4v) is 3.15. The number of hydrogen-bond donors (Lipinski definition) is 1. The molecule has 0 unspecified atom stereocenters. The normalized spacial score (nSPS) is 10.7. The summed E-state index contributed by atoms with van der Waals surface area (Å²) in [5.74, 6) is -0.372. The van der Waals surface area contributed by atoms with Gasteiger partial charge >= 0.3 is 5.69 Å². The summed E-state index contributed by atoms with van der Waals surface area (Å²) in [7, 11) is 1.50. The fourth-order valence-electron chi connectivity index (χ4n) is 3.15. The topological polar surface area (TPSA) is 108 Å². The predicted octanol–water partition coefficient (Wildman–Crippen LogP) is 2.11. The van der Waals surface area contributed by atoms with Crippen LogP contribution in [0.4, 0.5) is 4.39 Å². The predicted molar refractivity (Wildman–Crippen MR) is 116 cm³/mol. The lowest BCUT2D eigenvalue weighted by Crippen LogP contribution is -2.46. The van der Waals surface area contributed by atoms with E-state index >= 15 is 0 Å². The van der Waals surface area contributed by atoms with E-state index < -0.39 is 28.7 Å². The van der Waals surface area contributed by atoms with E-state index in [0.29, 0.717) is 17.2 Å². The van der Waals surface area contributed by atoms with Crippen molar-refractivity contribution >= 4 is 5.91 Å². The van der Waals surface area contributed by atoms with Crippen LogP contribution in [0.1, 0.15) is 21.8 Å². The second-order valence-electron chi connectivity index (χ2n) is 6.99. The highest BCUT2D eigenvalue weighted by molar-refractivity contribution is 5.91. The van der Waals surface area contributed by atoms with Crippen LogP contribution in [0.2, 0.25) is 0 Å². The van der Waals surface area contributed by atoms with Crippen LogP contribution in [-0.2, 0) is 13.1 Å². The highest BCUT2D eigenvalue weighted by atomic mass is 19.1. The van der Waals surface area contributed by atoms with Gasteiger partial charge in [-0.25, -0.2) is 9.18 Å². The zero-order chi connectivity index (χ0) is 23.4. The van der Waals surface area contributed by atoms with Gasteiger partial charge < -0.3 is 14.5 Å². The first kappa shape index (κ1) is 21.8. The number of ether oxygens (including phenoxy) is 1. The average Bonchev–Trinajstić information content (AvgIpc) is 3.35. The molecule has 0 bridgehead atoms. The maximum absolute atomic E-state index is 14.2. The quantitative estimate of drug-likeness (QED) is 0.462. The lowest BCUT2D eigenvalue weighted by Gasteiger charge is -2.13. The van der Waals surface area contributed by atoms with Gasteiger partial charge in [-0.05, 0) is 42.5 Å². The van der Waals surface area contributed by atoms with Crippen LogP contribution < -0.4 is 21.3 Å². The van der Waals surface area contributed by atoms with E-state index in [1.165, 1.54) is 31.6 Å². The van der Waals surface area contributed by atoms with Crippen LogP contribution in [0.15, 0.2) is 80.9 Å². The van der Waals surface area contributed by atoms with E-state index in [0.717, 1.165) is 9.25 Å². The molecule has 0 spiro atoms. The largest absolute Gasteiger partial charge is 0.497 e. The van der Waals surface area contributed by atoms with Gasteiger partial charge in [0.25, 0.3) is 11.5 Å². The molecule has 0 atom stereocenters. The first-order chi connectivity index (χ1) is 16.0. The minimum absolute atomic E-state index is 0.0158. The third-order valence-corrected chi connectivity index (χ3v) is 4.88. The van der Waals surface area contributed by atoms with Gasteiger partial charge in [-0.2, -0.15) is 9.78 Å². The molecule has 168 valence electrons. The molecule has 2 heterocycles. The third-order valence-electron chi connectivity index (χ3n) is 4.88. The maximum atomic E-state index is 14.2. The molecule has 0 radical (unpaired) electrons. The first-order valence-electron chi connectivity index (χ1n) is 9.90. The Labute approximate surface area is 186 Å². The highest BCUT2D eigenvalue weighted by Crippen LogP contribution is 2.13. The van der Waals surface area contributed by atoms with Crippen LogP contribution >= 0.6 is 0 Å². The number of carbonyl (C=O) groups is 1. The van der Waals surface area contributed by atoms with E-state index in [1.807, 2.05) is 0 Å². The van der Waals surface area contributed by atoms with Crippen molar-refractivity contribution in [3.63, 3.8) is 0 Å². The molecule has 0 fully saturated rings. The Hall–Kier alpha value is -4.47. The van der Waals surface area contributed by atoms with E-state index in [1.54, 1.807) is 42.5 Å². The molecule has 9 nitrogen and oxygen atoms in total. The zero-order valence-electron chi connectivity index (χ0n) is 17.5. The van der Waals surface area contributed by atoms with E-state index in [2.05, 4.69) is 10.4 Å². The van der Waals surface area contributed by atoms with E-state index in [9.17, 15) is 18.8 Å². The number of nitrogens with zero attached hydrogens (tertiary/aromatic N) is 3.